The molecule has 1 unspecified atom stereocenters. The van der Waals surface area contributed by atoms with Gasteiger partial charge in [0, 0.05) is 6.42 Å². The van der Waals surface area contributed by atoms with Gasteiger partial charge in [-0.1, -0.05) is 51.1 Å². The quantitative estimate of drug-likeness (QED) is 0.715. The summed E-state index contributed by atoms with van der Waals surface area (Å²) >= 11 is 0. The van der Waals surface area contributed by atoms with Crippen LogP contribution in [0.4, 0.5) is 8.78 Å². The molecule has 0 saturated carbocycles. The molecule has 3 rings (SSSR count). The van der Waals surface area contributed by atoms with Crippen LogP contribution >= 0.6 is 0 Å². The van der Waals surface area contributed by atoms with Crippen molar-refractivity contribution in [1.29, 1.82) is 0 Å². The maximum atomic E-state index is 13.9. The number of nitrogens with zero attached hydrogens (tertiary/aromatic N) is 1. The number of hydrogen-bond acceptors (Lipinski definition) is 2. The summed E-state index contributed by atoms with van der Waals surface area (Å²) in [7, 11) is 0. The number of aryl methyl sites for hydroxylation is 1. The van der Waals surface area contributed by atoms with Gasteiger partial charge in [-0.05, 0) is 41.5 Å². The number of ether oxygens (including phenoxy) is 1. The molecule has 0 aromatic heterocycles. The van der Waals surface area contributed by atoms with Gasteiger partial charge in [0.1, 0.15) is 17.2 Å². The molecular formula is C22H25F2NO. The Bertz CT molecular complexity index is 771. The van der Waals surface area contributed by atoms with Crippen LogP contribution in [0.3, 0.4) is 0 Å². The molecule has 0 radical (unpaired) electrons. The highest BCUT2D eigenvalue weighted by atomic mass is 19.1. The van der Waals surface area contributed by atoms with Gasteiger partial charge >= 0.3 is 0 Å². The summed E-state index contributed by atoms with van der Waals surface area (Å²) in [5, 5.41) is 0. The van der Waals surface area contributed by atoms with Crippen molar-refractivity contribution in [1.82, 2.24) is 0 Å². The predicted molar refractivity (Wildman–Crippen MR) is 101 cm³/mol. The molecule has 0 bridgehead atoms. The Kier molecular flexibility index (Phi) is 5.40. The first kappa shape index (κ1) is 18.6. The molecule has 138 valence electrons. The normalized spacial score (nSPS) is 17.6. The van der Waals surface area contributed by atoms with E-state index < -0.39 is 11.6 Å². The number of aliphatic imine (C=N–C) groups is 1. The lowest BCUT2D eigenvalue weighted by molar-refractivity contribution is 0.255. The Hall–Kier alpha value is -2.23. The Labute approximate surface area is 153 Å². The third-order valence-corrected chi connectivity index (χ3v) is 4.75. The van der Waals surface area contributed by atoms with Gasteiger partial charge in [0.05, 0.1) is 12.6 Å². The predicted octanol–water partition coefficient (Wildman–Crippen LogP) is 5.43. The second kappa shape index (κ2) is 7.56. The van der Waals surface area contributed by atoms with E-state index in [0.29, 0.717) is 6.61 Å². The average molecular weight is 357 g/mol. The molecule has 0 spiro atoms. The molecule has 0 saturated heterocycles. The van der Waals surface area contributed by atoms with Gasteiger partial charge in [-0.15, -0.1) is 0 Å². The molecule has 0 aliphatic carbocycles. The fourth-order valence-electron chi connectivity index (χ4n) is 3.11. The highest BCUT2D eigenvalue weighted by Gasteiger charge is 2.22. The second-order valence-electron chi connectivity index (χ2n) is 7.81. The van der Waals surface area contributed by atoms with Gasteiger partial charge in [0.25, 0.3) is 0 Å². The number of hydrogen-bond donors (Lipinski definition) is 0. The molecule has 1 aliphatic rings. The highest BCUT2D eigenvalue weighted by Crippen LogP contribution is 2.24. The van der Waals surface area contributed by atoms with E-state index in [1.54, 1.807) is 0 Å². The van der Waals surface area contributed by atoms with Crippen molar-refractivity contribution in [3.8, 4) is 0 Å². The maximum absolute atomic E-state index is 13.9. The van der Waals surface area contributed by atoms with E-state index in [-0.39, 0.29) is 22.9 Å². The molecule has 0 fully saturated rings. The summed E-state index contributed by atoms with van der Waals surface area (Å²) in [5.74, 6) is -1.19. The third kappa shape index (κ3) is 4.29. The first-order chi connectivity index (χ1) is 12.3. The molecule has 1 aliphatic heterocycles. The second-order valence-corrected chi connectivity index (χ2v) is 7.81. The molecule has 0 N–H and O–H groups in total. The zero-order valence-corrected chi connectivity index (χ0v) is 15.6. The first-order valence-electron chi connectivity index (χ1n) is 9.09. The number of benzene rings is 2. The minimum atomic E-state index is -0.637. The Morgan fingerprint density at radius 2 is 1.69 bits per heavy atom. The van der Waals surface area contributed by atoms with Crippen molar-refractivity contribution in [2.45, 2.75) is 51.5 Å². The van der Waals surface area contributed by atoms with Crippen LogP contribution in [-0.4, -0.2) is 18.5 Å². The standard InChI is InChI=1S/C22H25F2NO/c1-22(2,3)16-10-7-15(8-11-16)9-12-17-13-14-26-21(25-17)20-18(23)5-4-6-19(20)24/h4-8,10-11,17H,9,12-14H2,1-3H3. The van der Waals surface area contributed by atoms with E-state index in [1.807, 2.05) is 0 Å². The monoisotopic (exact) mass is 357 g/mol. The van der Waals surface area contributed by atoms with Crippen molar-refractivity contribution >= 4 is 5.90 Å². The molecular weight excluding hydrogens is 332 g/mol. The van der Waals surface area contributed by atoms with Crippen molar-refractivity contribution in [3.05, 3.63) is 70.8 Å². The van der Waals surface area contributed by atoms with Crippen LogP contribution in [0.2, 0.25) is 0 Å². The highest BCUT2D eigenvalue weighted by molar-refractivity contribution is 5.95. The maximum Gasteiger partial charge on any atom is 0.222 e. The van der Waals surface area contributed by atoms with E-state index in [1.165, 1.54) is 29.3 Å². The molecule has 0 amide bonds. The van der Waals surface area contributed by atoms with Gasteiger partial charge in [0.2, 0.25) is 5.90 Å². The van der Waals surface area contributed by atoms with Crippen molar-refractivity contribution in [3.63, 3.8) is 0 Å². The van der Waals surface area contributed by atoms with Gasteiger partial charge in [-0.2, -0.15) is 0 Å². The Balaban J connectivity index is 1.69. The molecule has 2 aromatic carbocycles. The van der Waals surface area contributed by atoms with E-state index in [0.717, 1.165) is 19.3 Å². The molecule has 26 heavy (non-hydrogen) atoms. The fraction of sp³-hybridized carbons (Fsp3) is 0.409. The zero-order chi connectivity index (χ0) is 18.7. The largest absolute Gasteiger partial charge is 0.477 e. The van der Waals surface area contributed by atoms with Crippen molar-refractivity contribution in [2.75, 3.05) is 6.61 Å². The van der Waals surface area contributed by atoms with E-state index >= 15 is 0 Å². The first-order valence-corrected chi connectivity index (χ1v) is 9.09. The van der Waals surface area contributed by atoms with Crippen LogP contribution in [0.25, 0.3) is 0 Å². The van der Waals surface area contributed by atoms with Crippen LogP contribution in [0, 0.1) is 11.6 Å². The summed E-state index contributed by atoms with van der Waals surface area (Å²) in [6.07, 6.45) is 2.48. The van der Waals surface area contributed by atoms with Crippen LogP contribution in [0.15, 0.2) is 47.5 Å². The van der Waals surface area contributed by atoms with Crippen LogP contribution in [0.1, 0.15) is 50.3 Å². The lowest BCUT2D eigenvalue weighted by Gasteiger charge is -2.22. The molecule has 2 nitrogen and oxygen atoms in total. The van der Waals surface area contributed by atoms with Gasteiger partial charge in [0.15, 0.2) is 0 Å². The lowest BCUT2D eigenvalue weighted by Crippen LogP contribution is -2.24. The topological polar surface area (TPSA) is 21.6 Å². The molecule has 4 heteroatoms. The summed E-state index contributed by atoms with van der Waals surface area (Å²) < 4.78 is 33.3. The van der Waals surface area contributed by atoms with Crippen LogP contribution in [0.5, 0.6) is 0 Å². The van der Waals surface area contributed by atoms with E-state index in [4.69, 9.17) is 4.74 Å². The Morgan fingerprint density at radius 3 is 2.31 bits per heavy atom. The summed E-state index contributed by atoms with van der Waals surface area (Å²) in [5.41, 5.74) is 2.54. The van der Waals surface area contributed by atoms with Gasteiger partial charge < -0.3 is 4.74 Å². The SMILES string of the molecule is CC(C)(C)c1ccc(CCC2CCOC(c3c(F)cccc3F)=N2)cc1. The summed E-state index contributed by atoms with van der Waals surface area (Å²) in [6, 6.07) is 12.5. The summed E-state index contributed by atoms with van der Waals surface area (Å²) in [6.45, 7) is 7.02. The fourth-order valence-corrected chi connectivity index (χ4v) is 3.11. The molecule has 2 aromatic rings. The van der Waals surface area contributed by atoms with Crippen molar-refractivity contribution in [2.24, 2.45) is 4.99 Å². The van der Waals surface area contributed by atoms with Crippen LogP contribution in [-0.2, 0) is 16.6 Å². The van der Waals surface area contributed by atoms with E-state index in [9.17, 15) is 8.78 Å². The molecule has 1 atom stereocenters. The van der Waals surface area contributed by atoms with Crippen molar-refractivity contribution < 1.29 is 13.5 Å². The van der Waals surface area contributed by atoms with E-state index in [2.05, 4.69) is 50.0 Å². The van der Waals surface area contributed by atoms with Gasteiger partial charge in [-0.25, -0.2) is 13.8 Å². The number of rotatable bonds is 4. The minimum Gasteiger partial charge on any atom is -0.477 e. The lowest BCUT2D eigenvalue weighted by atomic mass is 9.86. The smallest absolute Gasteiger partial charge is 0.222 e. The minimum absolute atomic E-state index is 0.0139. The van der Waals surface area contributed by atoms with Gasteiger partial charge in [-0.3, -0.25) is 0 Å². The Morgan fingerprint density at radius 1 is 1.04 bits per heavy atom. The van der Waals surface area contributed by atoms with Crippen LogP contribution < -0.4 is 0 Å². The zero-order valence-electron chi connectivity index (χ0n) is 15.6. The number of halogens is 2. The third-order valence-electron chi connectivity index (χ3n) is 4.75. The molecule has 1 heterocycles. The summed E-state index contributed by atoms with van der Waals surface area (Å²) in [4.78, 5) is 4.46. The average Bonchev–Trinajstić information content (AvgIpc) is 2.60.